The minimum absolute atomic E-state index is 0.0839. The van der Waals surface area contributed by atoms with Gasteiger partial charge in [0.05, 0.1) is 25.6 Å². The smallest absolute Gasteiger partial charge is 0.260 e. The van der Waals surface area contributed by atoms with Gasteiger partial charge in [0.1, 0.15) is 17.1 Å². The summed E-state index contributed by atoms with van der Waals surface area (Å²) >= 11 is 0. The van der Waals surface area contributed by atoms with Crippen LogP contribution in [0, 0.1) is 0 Å². The molecule has 0 aromatic carbocycles. The number of rotatable bonds is 5. The number of carbonyl (C=O) groups is 1. The van der Waals surface area contributed by atoms with Crippen molar-refractivity contribution in [3.05, 3.63) is 82.6 Å². The first-order valence-corrected chi connectivity index (χ1v) is 6.76. The lowest BCUT2D eigenvalue weighted by molar-refractivity contribution is 0.0703. The average molecular weight is 298 g/mol. The Labute approximate surface area is 126 Å². The number of nitrogens with zero attached hydrogens (tertiary/aromatic N) is 1. The van der Waals surface area contributed by atoms with Crippen LogP contribution in [0.25, 0.3) is 0 Å². The highest BCUT2D eigenvalue weighted by Crippen LogP contribution is 2.13. The van der Waals surface area contributed by atoms with E-state index in [4.69, 9.17) is 8.83 Å². The molecule has 0 fully saturated rings. The molecule has 0 aliphatic carbocycles. The van der Waals surface area contributed by atoms with Crippen molar-refractivity contribution in [2.24, 2.45) is 0 Å². The van der Waals surface area contributed by atoms with Crippen LogP contribution in [-0.4, -0.2) is 15.8 Å². The lowest BCUT2D eigenvalue weighted by atomic mass is 10.2. The van der Waals surface area contributed by atoms with E-state index < -0.39 is 5.56 Å². The zero-order valence-corrected chi connectivity index (χ0v) is 11.7. The molecule has 6 nitrogen and oxygen atoms in total. The Bertz CT molecular complexity index is 751. The Balaban J connectivity index is 1.88. The van der Waals surface area contributed by atoms with Crippen LogP contribution in [0.1, 0.15) is 21.9 Å². The SMILES string of the molecule is O=C(c1ccc[nH]c1=O)N(Cc1ccco1)Cc1ccco1. The maximum Gasteiger partial charge on any atom is 0.260 e. The van der Waals surface area contributed by atoms with Gasteiger partial charge in [-0.05, 0) is 36.4 Å². The lowest BCUT2D eigenvalue weighted by Gasteiger charge is -2.20. The summed E-state index contributed by atoms with van der Waals surface area (Å²) in [5, 5.41) is 0. The second-order valence-electron chi connectivity index (χ2n) is 4.73. The zero-order valence-electron chi connectivity index (χ0n) is 11.7. The molecule has 0 saturated heterocycles. The van der Waals surface area contributed by atoms with Gasteiger partial charge in [-0.2, -0.15) is 0 Å². The maximum atomic E-state index is 12.6. The fourth-order valence-corrected chi connectivity index (χ4v) is 2.14. The number of carbonyl (C=O) groups excluding carboxylic acids is 1. The summed E-state index contributed by atoms with van der Waals surface area (Å²) in [4.78, 5) is 28.5. The molecule has 0 radical (unpaired) electrons. The highest BCUT2D eigenvalue weighted by molar-refractivity contribution is 5.93. The van der Waals surface area contributed by atoms with E-state index >= 15 is 0 Å². The van der Waals surface area contributed by atoms with Crippen LogP contribution >= 0.6 is 0 Å². The van der Waals surface area contributed by atoms with E-state index in [1.54, 1.807) is 42.9 Å². The van der Waals surface area contributed by atoms with Gasteiger partial charge >= 0.3 is 0 Å². The maximum absolute atomic E-state index is 12.6. The fraction of sp³-hybridized carbons (Fsp3) is 0.125. The molecule has 0 aliphatic rings. The normalized spacial score (nSPS) is 10.5. The zero-order chi connectivity index (χ0) is 15.4. The fourth-order valence-electron chi connectivity index (χ4n) is 2.14. The van der Waals surface area contributed by atoms with Gasteiger partial charge in [0.2, 0.25) is 0 Å². The molecule has 0 saturated carbocycles. The molecule has 3 aromatic rings. The molecular weight excluding hydrogens is 284 g/mol. The number of hydrogen-bond acceptors (Lipinski definition) is 4. The van der Waals surface area contributed by atoms with E-state index in [0.29, 0.717) is 11.5 Å². The molecule has 0 spiro atoms. The van der Waals surface area contributed by atoms with Gasteiger partial charge in [-0.25, -0.2) is 0 Å². The third kappa shape index (κ3) is 3.01. The Morgan fingerprint density at radius 1 is 1.00 bits per heavy atom. The van der Waals surface area contributed by atoms with Crippen LogP contribution in [0.3, 0.4) is 0 Å². The number of aromatic nitrogens is 1. The summed E-state index contributed by atoms with van der Waals surface area (Å²) < 4.78 is 10.6. The first-order chi connectivity index (χ1) is 10.7. The number of nitrogens with one attached hydrogen (secondary N) is 1. The second kappa shape index (κ2) is 6.17. The molecule has 0 bridgehead atoms. The van der Waals surface area contributed by atoms with Gasteiger partial charge in [-0.1, -0.05) is 0 Å². The van der Waals surface area contributed by atoms with Crippen LogP contribution in [0.4, 0.5) is 0 Å². The number of pyridine rings is 1. The second-order valence-corrected chi connectivity index (χ2v) is 4.73. The Hall–Kier alpha value is -3.02. The molecule has 6 heteroatoms. The van der Waals surface area contributed by atoms with Crippen molar-refractivity contribution in [1.29, 1.82) is 0 Å². The van der Waals surface area contributed by atoms with E-state index in [1.165, 1.54) is 17.2 Å². The van der Waals surface area contributed by atoms with Crippen molar-refractivity contribution in [3.63, 3.8) is 0 Å². The summed E-state index contributed by atoms with van der Waals surface area (Å²) in [6.07, 6.45) is 4.57. The first-order valence-electron chi connectivity index (χ1n) is 6.76. The van der Waals surface area contributed by atoms with Crippen molar-refractivity contribution in [3.8, 4) is 0 Å². The quantitative estimate of drug-likeness (QED) is 0.784. The van der Waals surface area contributed by atoms with Crippen LogP contribution in [-0.2, 0) is 13.1 Å². The average Bonchev–Trinajstić information content (AvgIpc) is 3.20. The van der Waals surface area contributed by atoms with Crippen molar-refractivity contribution >= 4 is 5.91 Å². The summed E-state index contributed by atoms with van der Waals surface area (Å²) in [6, 6.07) is 10.2. The number of aromatic amines is 1. The van der Waals surface area contributed by atoms with Gasteiger partial charge in [0.15, 0.2) is 0 Å². The van der Waals surface area contributed by atoms with Crippen LogP contribution in [0.5, 0.6) is 0 Å². The highest BCUT2D eigenvalue weighted by atomic mass is 16.3. The molecule has 0 atom stereocenters. The first kappa shape index (κ1) is 13.9. The van der Waals surface area contributed by atoms with Crippen molar-refractivity contribution in [1.82, 2.24) is 9.88 Å². The third-order valence-corrected chi connectivity index (χ3v) is 3.19. The molecule has 1 amide bonds. The minimum Gasteiger partial charge on any atom is -0.467 e. The summed E-state index contributed by atoms with van der Waals surface area (Å²) in [5.74, 6) is 0.884. The van der Waals surface area contributed by atoms with Crippen LogP contribution < -0.4 is 5.56 Å². The highest BCUT2D eigenvalue weighted by Gasteiger charge is 2.21. The molecule has 3 rings (SSSR count). The van der Waals surface area contributed by atoms with Crippen LogP contribution in [0.15, 0.2) is 68.8 Å². The molecule has 22 heavy (non-hydrogen) atoms. The Morgan fingerprint density at radius 2 is 1.64 bits per heavy atom. The van der Waals surface area contributed by atoms with Gasteiger partial charge in [0, 0.05) is 6.20 Å². The lowest BCUT2D eigenvalue weighted by Crippen LogP contribution is -2.33. The van der Waals surface area contributed by atoms with Gasteiger partial charge in [-0.3, -0.25) is 9.59 Å². The molecule has 3 heterocycles. The minimum atomic E-state index is -0.420. The van der Waals surface area contributed by atoms with E-state index in [-0.39, 0.29) is 24.6 Å². The third-order valence-electron chi connectivity index (χ3n) is 3.19. The van der Waals surface area contributed by atoms with Crippen molar-refractivity contribution in [2.75, 3.05) is 0 Å². The van der Waals surface area contributed by atoms with E-state index in [2.05, 4.69) is 4.98 Å². The van der Waals surface area contributed by atoms with Crippen molar-refractivity contribution in [2.45, 2.75) is 13.1 Å². The molecule has 0 unspecified atom stereocenters. The Kier molecular flexibility index (Phi) is 3.91. The standard InChI is InChI=1S/C16H14N2O4/c19-15-14(6-1-7-17-15)16(20)18(10-12-4-2-8-21-12)11-13-5-3-9-22-13/h1-9H,10-11H2,(H,17,19). The van der Waals surface area contributed by atoms with Gasteiger partial charge < -0.3 is 18.7 Å². The number of furan rings is 2. The monoisotopic (exact) mass is 298 g/mol. The summed E-state index contributed by atoms with van der Waals surface area (Å²) in [7, 11) is 0. The predicted octanol–water partition coefficient (Wildman–Crippen LogP) is 2.40. The summed E-state index contributed by atoms with van der Waals surface area (Å²) in [6.45, 7) is 0.502. The molecule has 3 aromatic heterocycles. The molecule has 0 aliphatic heterocycles. The topological polar surface area (TPSA) is 79.5 Å². The number of amides is 1. The number of H-pyrrole nitrogens is 1. The van der Waals surface area contributed by atoms with Crippen LogP contribution in [0.2, 0.25) is 0 Å². The van der Waals surface area contributed by atoms with E-state index in [9.17, 15) is 9.59 Å². The Morgan fingerprint density at radius 3 is 2.14 bits per heavy atom. The van der Waals surface area contributed by atoms with Gasteiger partial charge in [-0.15, -0.1) is 0 Å². The number of hydrogen-bond donors (Lipinski definition) is 1. The predicted molar refractivity (Wildman–Crippen MR) is 78.1 cm³/mol. The summed E-state index contributed by atoms with van der Waals surface area (Å²) in [5.41, 5.74) is -0.336. The van der Waals surface area contributed by atoms with E-state index in [0.717, 1.165) is 0 Å². The molecule has 112 valence electrons. The molecule has 1 N–H and O–H groups in total. The largest absolute Gasteiger partial charge is 0.467 e. The van der Waals surface area contributed by atoms with Crippen molar-refractivity contribution < 1.29 is 13.6 Å². The molecular formula is C16H14N2O4. The van der Waals surface area contributed by atoms with Gasteiger partial charge in [0.25, 0.3) is 11.5 Å². The van der Waals surface area contributed by atoms with E-state index in [1.807, 2.05) is 0 Å².